The molecule has 106 valence electrons. The van der Waals surface area contributed by atoms with E-state index >= 15 is 0 Å². The lowest BCUT2D eigenvalue weighted by Crippen LogP contribution is -2.50. The van der Waals surface area contributed by atoms with Crippen LogP contribution in [0.3, 0.4) is 0 Å². The highest BCUT2D eigenvalue weighted by Crippen LogP contribution is 2.21. The van der Waals surface area contributed by atoms with Gasteiger partial charge in [-0.3, -0.25) is 4.90 Å². The molecule has 0 radical (unpaired) electrons. The van der Waals surface area contributed by atoms with Crippen molar-refractivity contribution in [3.05, 3.63) is 0 Å². The average Bonchev–Trinajstić information content (AvgIpc) is 2.84. The van der Waals surface area contributed by atoms with Gasteiger partial charge in [-0.05, 0) is 33.2 Å². The van der Waals surface area contributed by atoms with Gasteiger partial charge < -0.3 is 14.4 Å². The predicted molar refractivity (Wildman–Crippen MR) is 72.7 cm³/mol. The van der Waals surface area contributed by atoms with Gasteiger partial charge in [0.05, 0.1) is 0 Å². The molecule has 0 aromatic rings. The highest BCUT2D eigenvalue weighted by atomic mass is 16.7. The van der Waals surface area contributed by atoms with Crippen LogP contribution in [0, 0.1) is 0 Å². The molecule has 0 bridgehead atoms. The van der Waals surface area contributed by atoms with E-state index in [9.17, 15) is 0 Å². The van der Waals surface area contributed by atoms with Gasteiger partial charge in [-0.15, -0.1) is 0 Å². The van der Waals surface area contributed by atoms with Crippen LogP contribution >= 0.6 is 0 Å². The Hall–Kier alpha value is -0.160. The summed E-state index contributed by atoms with van der Waals surface area (Å²) in [5.74, 6) is 0. The first-order valence-electron chi connectivity index (χ1n) is 7.53. The monoisotopic (exact) mass is 256 g/mol. The summed E-state index contributed by atoms with van der Waals surface area (Å²) >= 11 is 0. The Labute approximate surface area is 111 Å². The summed E-state index contributed by atoms with van der Waals surface area (Å²) in [5.41, 5.74) is 0. The summed E-state index contributed by atoms with van der Waals surface area (Å²) in [6, 6.07) is 0.816. The van der Waals surface area contributed by atoms with Crippen LogP contribution in [-0.4, -0.2) is 68.1 Å². The van der Waals surface area contributed by atoms with Crippen LogP contribution in [-0.2, 0) is 9.47 Å². The van der Waals surface area contributed by atoms with Crippen LogP contribution in [0.1, 0.15) is 33.1 Å². The third-order valence-electron chi connectivity index (χ3n) is 4.06. The lowest BCUT2D eigenvalue weighted by atomic mass is 10.1. The highest BCUT2D eigenvalue weighted by molar-refractivity contribution is 4.86. The standard InChI is InChI=1S/C14H28N2O2/c1-3-17-14(18-4-2)7-9-15-10-11-16-8-5-6-13(16)12-15/h13-14H,3-12H2,1-2H3. The molecule has 0 saturated carbocycles. The van der Waals surface area contributed by atoms with Crippen molar-refractivity contribution in [2.45, 2.75) is 45.4 Å². The summed E-state index contributed by atoms with van der Waals surface area (Å²) in [7, 11) is 0. The number of nitrogens with zero attached hydrogens (tertiary/aromatic N) is 2. The van der Waals surface area contributed by atoms with Gasteiger partial charge in [0.2, 0.25) is 0 Å². The molecule has 0 amide bonds. The van der Waals surface area contributed by atoms with E-state index in [1.54, 1.807) is 0 Å². The molecule has 18 heavy (non-hydrogen) atoms. The predicted octanol–water partition coefficient (Wildman–Crippen LogP) is 1.56. The molecule has 0 aliphatic carbocycles. The van der Waals surface area contributed by atoms with Crippen molar-refractivity contribution in [1.29, 1.82) is 0 Å². The number of hydrogen-bond acceptors (Lipinski definition) is 4. The number of hydrogen-bond donors (Lipinski definition) is 0. The van der Waals surface area contributed by atoms with E-state index in [0.717, 1.165) is 32.2 Å². The van der Waals surface area contributed by atoms with Gasteiger partial charge in [0.15, 0.2) is 6.29 Å². The molecule has 1 unspecified atom stereocenters. The van der Waals surface area contributed by atoms with Gasteiger partial charge in [0.25, 0.3) is 0 Å². The van der Waals surface area contributed by atoms with Crippen LogP contribution in [0.25, 0.3) is 0 Å². The van der Waals surface area contributed by atoms with Gasteiger partial charge in [-0.2, -0.15) is 0 Å². The Morgan fingerprint density at radius 1 is 1.11 bits per heavy atom. The van der Waals surface area contributed by atoms with E-state index in [2.05, 4.69) is 9.80 Å². The number of piperazine rings is 1. The molecule has 2 heterocycles. The zero-order chi connectivity index (χ0) is 12.8. The number of ether oxygens (including phenoxy) is 2. The van der Waals surface area contributed by atoms with Crippen LogP contribution < -0.4 is 0 Å². The van der Waals surface area contributed by atoms with Crippen molar-refractivity contribution < 1.29 is 9.47 Å². The first-order chi connectivity index (χ1) is 8.83. The molecule has 2 fully saturated rings. The van der Waals surface area contributed by atoms with E-state index in [1.165, 1.54) is 39.0 Å². The first-order valence-corrected chi connectivity index (χ1v) is 7.53. The Balaban J connectivity index is 1.69. The third-order valence-corrected chi connectivity index (χ3v) is 4.06. The quantitative estimate of drug-likeness (QED) is 0.645. The normalized spacial score (nSPS) is 25.8. The van der Waals surface area contributed by atoms with Crippen molar-refractivity contribution in [3.8, 4) is 0 Å². The highest BCUT2D eigenvalue weighted by Gasteiger charge is 2.30. The van der Waals surface area contributed by atoms with E-state index in [-0.39, 0.29) is 6.29 Å². The zero-order valence-corrected chi connectivity index (χ0v) is 11.9. The van der Waals surface area contributed by atoms with Crippen molar-refractivity contribution in [2.75, 3.05) is 45.9 Å². The molecular formula is C14H28N2O2. The maximum atomic E-state index is 5.60. The molecule has 0 aromatic heterocycles. The number of fused-ring (bicyclic) bond motifs is 1. The molecule has 2 saturated heterocycles. The fraction of sp³-hybridized carbons (Fsp3) is 1.00. The van der Waals surface area contributed by atoms with Gasteiger partial charge in [-0.1, -0.05) is 0 Å². The Kier molecular flexibility index (Phi) is 5.89. The summed E-state index contributed by atoms with van der Waals surface area (Å²) in [5, 5.41) is 0. The topological polar surface area (TPSA) is 24.9 Å². The smallest absolute Gasteiger partial charge is 0.158 e. The van der Waals surface area contributed by atoms with Crippen molar-refractivity contribution in [3.63, 3.8) is 0 Å². The Morgan fingerprint density at radius 3 is 2.61 bits per heavy atom. The lowest BCUT2D eigenvalue weighted by molar-refractivity contribution is -0.142. The molecule has 4 nitrogen and oxygen atoms in total. The van der Waals surface area contributed by atoms with Crippen LogP contribution in [0.5, 0.6) is 0 Å². The summed E-state index contributed by atoms with van der Waals surface area (Å²) < 4.78 is 11.2. The Morgan fingerprint density at radius 2 is 1.89 bits per heavy atom. The van der Waals surface area contributed by atoms with Gasteiger partial charge in [0.1, 0.15) is 0 Å². The van der Waals surface area contributed by atoms with Crippen LogP contribution in [0.4, 0.5) is 0 Å². The van der Waals surface area contributed by atoms with E-state index in [0.29, 0.717) is 0 Å². The fourth-order valence-corrected chi connectivity index (χ4v) is 3.13. The molecule has 0 spiro atoms. The van der Waals surface area contributed by atoms with E-state index in [4.69, 9.17) is 9.47 Å². The van der Waals surface area contributed by atoms with E-state index in [1.807, 2.05) is 13.8 Å². The van der Waals surface area contributed by atoms with Crippen molar-refractivity contribution in [1.82, 2.24) is 9.80 Å². The summed E-state index contributed by atoms with van der Waals surface area (Å²) in [4.78, 5) is 5.23. The van der Waals surface area contributed by atoms with Crippen molar-refractivity contribution in [2.24, 2.45) is 0 Å². The largest absolute Gasteiger partial charge is 0.353 e. The lowest BCUT2D eigenvalue weighted by Gasteiger charge is -2.37. The molecule has 4 heteroatoms. The molecule has 2 rings (SSSR count). The van der Waals surface area contributed by atoms with Gasteiger partial charge in [-0.25, -0.2) is 0 Å². The van der Waals surface area contributed by atoms with Crippen LogP contribution in [0.2, 0.25) is 0 Å². The maximum absolute atomic E-state index is 5.60. The second-order valence-electron chi connectivity index (χ2n) is 5.26. The summed E-state index contributed by atoms with van der Waals surface area (Å²) in [6.07, 6.45) is 3.76. The molecule has 2 aliphatic rings. The van der Waals surface area contributed by atoms with Crippen LogP contribution in [0.15, 0.2) is 0 Å². The second kappa shape index (κ2) is 7.43. The maximum Gasteiger partial charge on any atom is 0.158 e. The molecule has 0 aromatic carbocycles. The minimum Gasteiger partial charge on any atom is -0.353 e. The fourth-order valence-electron chi connectivity index (χ4n) is 3.13. The Bertz CT molecular complexity index is 232. The SMILES string of the molecule is CCOC(CCN1CCN2CCCC2C1)OCC. The first kappa shape index (κ1) is 14.3. The number of rotatable bonds is 7. The van der Waals surface area contributed by atoms with Crippen molar-refractivity contribution >= 4 is 0 Å². The molecule has 2 aliphatic heterocycles. The van der Waals surface area contributed by atoms with Gasteiger partial charge in [0, 0.05) is 51.9 Å². The molecule has 0 N–H and O–H groups in total. The summed E-state index contributed by atoms with van der Waals surface area (Å²) in [6.45, 7) is 11.7. The van der Waals surface area contributed by atoms with Gasteiger partial charge >= 0.3 is 0 Å². The third kappa shape index (κ3) is 3.92. The zero-order valence-electron chi connectivity index (χ0n) is 11.9. The molecule has 1 atom stereocenters. The second-order valence-corrected chi connectivity index (χ2v) is 5.26. The molecular weight excluding hydrogens is 228 g/mol. The minimum atomic E-state index is -0.0124. The minimum absolute atomic E-state index is 0.0124. The average molecular weight is 256 g/mol. The van der Waals surface area contributed by atoms with E-state index < -0.39 is 0 Å².